The number of nitrogens with zero attached hydrogens (tertiary/aromatic N) is 4. The molecular formula is C19H20N4O. The summed E-state index contributed by atoms with van der Waals surface area (Å²) in [6, 6.07) is 7.92. The van der Waals surface area contributed by atoms with Gasteiger partial charge in [0.15, 0.2) is 0 Å². The fourth-order valence-corrected chi connectivity index (χ4v) is 2.68. The number of rotatable bonds is 5. The molecule has 0 saturated heterocycles. The molecule has 0 atom stereocenters. The van der Waals surface area contributed by atoms with Crippen molar-refractivity contribution in [3.8, 4) is 6.07 Å². The van der Waals surface area contributed by atoms with Crippen LogP contribution in [0.3, 0.4) is 0 Å². The predicted molar refractivity (Wildman–Crippen MR) is 96.8 cm³/mol. The van der Waals surface area contributed by atoms with Crippen LogP contribution in [0.25, 0.3) is 16.6 Å². The molecule has 1 fully saturated rings. The molecule has 1 heterocycles. The van der Waals surface area contributed by atoms with E-state index in [1.54, 1.807) is 24.8 Å². The van der Waals surface area contributed by atoms with Crippen LogP contribution in [0, 0.1) is 17.2 Å². The predicted octanol–water partition coefficient (Wildman–Crippen LogP) is 3.26. The highest BCUT2D eigenvalue weighted by Gasteiger charge is 2.24. The fraction of sp³-hybridized carbons (Fsp3) is 0.316. The lowest BCUT2D eigenvalue weighted by Gasteiger charge is -2.03. The van der Waals surface area contributed by atoms with Crippen molar-refractivity contribution in [1.29, 1.82) is 5.26 Å². The van der Waals surface area contributed by atoms with Crippen molar-refractivity contribution >= 4 is 22.8 Å². The van der Waals surface area contributed by atoms with Gasteiger partial charge in [0.2, 0.25) is 0 Å². The summed E-state index contributed by atoms with van der Waals surface area (Å²) in [4.78, 5) is 16.6. The Balaban J connectivity index is 1.94. The van der Waals surface area contributed by atoms with E-state index in [0.717, 1.165) is 28.7 Å². The van der Waals surface area contributed by atoms with Crippen LogP contribution in [0.4, 0.5) is 0 Å². The summed E-state index contributed by atoms with van der Waals surface area (Å²) in [5.41, 5.74) is 4.07. The Hall–Kier alpha value is -2.87. The molecule has 0 radical (unpaired) electrons. The molecule has 1 aromatic carbocycles. The molecule has 0 aliphatic heterocycles. The molecule has 2 aromatic rings. The Bertz CT molecular complexity index is 962. The summed E-state index contributed by atoms with van der Waals surface area (Å²) < 4.78 is 3.55. The van der Waals surface area contributed by atoms with Gasteiger partial charge in [0.25, 0.3) is 0 Å². The van der Waals surface area contributed by atoms with Crippen LogP contribution in [0.15, 0.2) is 46.3 Å². The normalized spacial score (nSPS) is 15.1. The average molecular weight is 320 g/mol. The van der Waals surface area contributed by atoms with E-state index >= 15 is 0 Å². The second kappa shape index (κ2) is 6.32. The number of hydrogen-bond donors (Lipinski definition) is 0. The largest absolute Gasteiger partial charge is 0.328 e. The van der Waals surface area contributed by atoms with Gasteiger partial charge in [0, 0.05) is 31.6 Å². The number of allylic oxidation sites excluding steroid dienone is 2. The first kappa shape index (κ1) is 16.0. The van der Waals surface area contributed by atoms with Crippen molar-refractivity contribution in [3.05, 3.63) is 52.6 Å². The number of aliphatic imine (C=N–C) groups is 1. The van der Waals surface area contributed by atoms with E-state index in [2.05, 4.69) is 11.6 Å². The monoisotopic (exact) mass is 320 g/mol. The summed E-state index contributed by atoms with van der Waals surface area (Å²) in [5.74, 6) is 0.644. The maximum absolute atomic E-state index is 12.5. The second-order valence-corrected chi connectivity index (χ2v) is 6.33. The summed E-state index contributed by atoms with van der Waals surface area (Å²) in [7, 11) is 1.80. The van der Waals surface area contributed by atoms with E-state index in [0.29, 0.717) is 11.5 Å². The Labute approximate surface area is 140 Å². The van der Waals surface area contributed by atoms with Crippen LogP contribution in [0.1, 0.15) is 25.3 Å². The molecule has 122 valence electrons. The third-order valence-corrected chi connectivity index (χ3v) is 4.33. The highest BCUT2D eigenvalue weighted by Crippen LogP contribution is 2.31. The van der Waals surface area contributed by atoms with Gasteiger partial charge in [-0.15, -0.1) is 0 Å². The molecule has 5 nitrogen and oxygen atoms in total. The molecule has 0 unspecified atom stereocenters. The molecule has 1 saturated carbocycles. The van der Waals surface area contributed by atoms with Crippen molar-refractivity contribution in [2.75, 3.05) is 0 Å². The maximum atomic E-state index is 12.5. The maximum Gasteiger partial charge on any atom is 0.328 e. The summed E-state index contributed by atoms with van der Waals surface area (Å²) >= 11 is 0. The Morgan fingerprint density at radius 1 is 1.46 bits per heavy atom. The minimum Gasteiger partial charge on any atom is -0.295 e. The molecule has 1 aromatic heterocycles. The van der Waals surface area contributed by atoms with E-state index in [1.807, 2.05) is 28.8 Å². The van der Waals surface area contributed by atoms with E-state index < -0.39 is 0 Å². The summed E-state index contributed by atoms with van der Waals surface area (Å²) in [6.07, 6.45) is 5.56. The third kappa shape index (κ3) is 3.09. The van der Waals surface area contributed by atoms with Crippen molar-refractivity contribution < 1.29 is 0 Å². The van der Waals surface area contributed by atoms with Crippen LogP contribution in [-0.4, -0.2) is 15.3 Å². The SMILES string of the molecule is C=C(C=NC=C(C)C#N)c1ccc2c(c1)n(C)c(=O)n2CC1CC1. The van der Waals surface area contributed by atoms with Crippen LogP contribution in [0.5, 0.6) is 0 Å². The standard InChI is InChI=1S/C19H20N4O/c1-13(9-20)10-21-11-14(2)16-6-7-17-18(8-16)22(3)19(24)23(17)12-15-4-5-15/h6-8,10-11,15H,2,4-5,12H2,1,3H3. The highest BCUT2D eigenvalue weighted by molar-refractivity contribution is 6.09. The van der Waals surface area contributed by atoms with E-state index in [1.165, 1.54) is 19.0 Å². The van der Waals surface area contributed by atoms with Gasteiger partial charge in [-0.1, -0.05) is 12.6 Å². The molecule has 0 N–H and O–H groups in total. The van der Waals surface area contributed by atoms with Gasteiger partial charge in [-0.2, -0.15) is 5.26 Å². The first-order chi connectivity index (χ1) is 11.5. The first-order valence-electron chi connectivity index (χ1n) is 8.00. The number of benzene rings is 1. The number of hydrogen-bond acceptors (Lipinski definition) is 3. The third-order valence-electron chi connectivity index (χ3n) is 4.33. The number of aromatic nitrogens is 2. The minimum absolute atomic E-state index is 0.0286. The van der Waals surface area contributed by atoms with Gasteiger partial charge >= 0.3 is 5.69 Å². The summed E-state index contributed by atoms with van der Waals surface area (Å²) in [5, 5.41) is 8.71. The number of fused-ring (bicyclic) bond motifs is 1. The zero-order chi connectivity index (χ0) is 17.3. The quantitative estimate of drug-likeness (QED) is 0.627. The molecule has 0 bridgehead atoms. The first-order valence-corrected chi connectivity index (χ1v) is 8.00. The van der Waals surface area contributed by atoms with Crippen LogP contribution >= 0.6 is 0 Å². The van der Waals surface area contributed by atoms with E-state index in [-0.39, 0.29) is 5.69 Å². The van der Waals surface area contributed by atoms with Gasteiger partial charge < -0.3 is 0 Å². The van der Waals surface area contributed by atoms with E-state index in [4.69, 9.17) is 5.26 Å². The molecule has 24 heavy (non-hydrogen) atoms. The number of aryl methyl sites for hydroxylation is 1. The number of nitriles is 1. The smallest absolute Gasteiger partial charge is 0.295 e. The van der Waals surface area contributed by atoms with Crippen molar-refractivity contribution in [1.82, 2.24) is 9.13 Å². The number of imidazole rings is 1. The average Bonchev–Trinajstić information content (AvgIpc) is 3.38. The molecule has 5 heteroatoms. The molecule has 1 aliphatic rings. The van der Waals surface area contributed by atoms with Gasteiger partial charge in [0.05, 0.1) is 17.1 Å². The van der Waals surface area contributed by atoms with Gasteiger partial charge in [-0.3, -0.25) is 14.1 Å². The molecule has 0 spiro atoms. The van der Waals surface area contributed by atoms with Gasteiger partial charge in [0.1, 0.15) is 0 Å². The Morgan fingerprint density at radius 3 is 2.88 bits per heavy atom. The topological polar surface area (TPSA) is 63.1 Å². The lowest BCUT2D eigenvalue weighted by atomic mass is 10.1. The summed E-state index contributed by atoms with van der Waals surface area (Å²) in [6.45, 7) is 6.52. The molecular weight excluding hydrogens is 300 g/mol. The Kier molecular flexibility index (Phi) is 4.22. The fourth-order valence-electron chi connectivity index (χ4n) is 2.68. The van der Waals surface area contributed by atoms with Crippen LogP contribution in [-0.2, 0) is 13.6 Å². The van der Waals surface area contributed by atoms with Crippen molar-refractivity contribution in [3.63, 3.8) is 0 Å². The lowest BCUT2D eigenvalue weighted by molar-refractivity contribution is 0.609. The van der Waals surface area contributed by atoms with Crippen LogP contribution < -0.4 is 5.69 Å². The van der Waals surface area contributed by atoms with Crippen LogP contribution in [0.2, 0.25) is 0 Å². The zero-order valence-corrected chi connectivity index (χ0v) is 14.0. The molecule has 0 amide bonds. The minimum atomic E-state index is 0.0286. The molecule has 1 aliphatic carbocycles. The van der Waals surface area contributed by atoms with Gasteiger partial charge in [-0.25, -0.2) is 4.79 Å². The highest BCUT2D eigenvalue weighted by atomic mass is 16.1. The van der Waals surface area contributed by atoms with Crippen molar-refractivity contribution in [2.24, 2.45) is 18.0 Å². The second-order valence-electron chi connectivity index (χ2n) is 6.33. The van der Waals surface area contributed by atoms with Gasteiger partial charge in [-0.05, 0) is 49.0 Å². The van der Waals surface area contributed by atoms with E-state index in [9.17, 15) is 4.79 Å². The van der Waals surface area contributed by atoms with Crippen molar-refractivity contribution in [2.45, 2.75) is 26.3 Å². The lowest BCUT2D eigenvalue weighted by Crippen LogP contribution is -2.22. The Morgan fingerprint density at radius 2 is 2.21 bits per heavy atom. The molecule has 3 rings (SSSR count). The zero-order valence-electron chi connectivity index (χ0n) is 14.0.